The summed E-state index contributed by atoms with van der Waals surface area (Å²) in [6, 6.07) is 10.9. The smallest absolute Gasteiger partial charge is 0.231 e. The largest absolute Gasteiger partial charge is 0.454 e. The standard InChI is InChI=1S/C16H22N2O3S.C11H19N2/c1-22-17-5-4-14-8-13(10-18(14)6-7-19)12-2-3-15-16(9-12)21-11-20-15;1-4-5-9-13(3)11-7-6-8-12(2)10-11/h2-3,7,9,13-14,17H,4-6,8,10-11H2,1H3;6-8,10H,4-5,9H2,1-3H3/q;+1. The number of benzene rings is 1. The van der Waals surface area contributed by atoms with Crippen LogP contribution in [0.5, 0.6) is 11.5 Å². The summed E-state index contributed by atoms with van der Waals surface area (Å²) in [5.74, 6) is 2.12. The molecule has 0 bridgehead atoms. The SMILES string of the molecule is CCCCN(C)c1ccc[n+](C)c1.CSNCCC1CC(c2ccc3c(c2)OCO3)CN1CC=O. The summed E-state index contributed by atoms with van der Waals surface area (Å²) in [5, 5.41) is 0. The maximum absolute atomic E-state index is 10.9. The first-order valence-electron chi connectivity index (χ1n) is 12.5. The van der Waals surface area contributed by atoms with E-state index in [1.165, 1.54) is 24.1 Å². The van der Waals surface area contributed by atoms with Gasteiger partial charge in [0.25, 0.3) is 0 Å². The molecule has 1 aromatic heterocycles. The number of unbranched alkanes of at least 4 members (excludes halogenated alkanes) is 1. The Hall–Kier alpha value is -2.29. The van der Waals surface area contributed by atoms with E-state index >= 15 is 0 Å². The van der Waals surface area contributed by atoms with E-state index in [9.17, 15) is 4.79 Å². The molecule has 192 valence electrons. The van der Waals surface area contributed by atoms with Crippen LogP contribution in [0.15, 0.2) is 42.7 Å². The number of rotatable bonds is 11. The summed E-state index contributed by atoms with van der Waals surface area (Å²) >= 11 is 1.64. The Morgan fingerprint density at radius 2 is 2.11 bits per heavy atom. The summed E-state index contributed by atoms with van der Waals surface area (Å²) in [7, 11) is 4.20. The maximum atomic E-state index is 10.9. The number of nitrogens with zero attached hydrogens (tertiary/aromatic N) is 3. The number of likely N-dealkylation sites (tertiary alicyclic amines) is 1. The molecule has 0 aliphatic carbocycles. The molecular formula is C27H41N4O3S+. The minimum Gasteiger partial charge on any atom is -0.454 e. The fourth-order valence-electron chi connectivity index (χ4n) is 4.66. The van der Waals surface area contributed by atoms with E-state index in [2.05, 4.69) is 76.8 Å². The first-order chi connectivity index (χ1) is 17.0. The Bertz CT molecular complexity index is 929. The van der Waals surface area contributed by atoms with Gasteiger partial charge in [0.15, 0.2) is 23.9 Å². The second kappa shape index (κ2) is 14.3. The van der Waals surface area contributed by atoms with Crippen molar-refractivity contribution >= 4 is 23.9 Å². The zero-order chi connectivity index (χ0) is 25.0. The van der Waals surface area contributed by atoms with Crippen molar-refractivity contribution in [1.29, 1.82) is 0 Å². The zero-order valence-electron chi connectivity index (χ0n) is 21.6. The van der Waals surface area contributed by atoms with Gasteiger partial charge in [-0.3, -0.25) is 9.62 Å². The van der Waals surface area contributed by atoms with Crippen LogP contribution >= 0.6 is 11.9 Å². The monoisotopic (exact) mass is 501 g/mol. The molecule has 8 heteroatoms. The highest BCUT2D eigenvalue weighted by molar-refractivity contribution is 7.96. The zero-order valence-corrected chi connectivity index (χ0v) is 22.4. The number of carbonyl (C=O) groups is 1. The Balaban J connectivity index is 0.000000225. The van der Waals surface area contributed by atoms with Crippen molar-refractivity contribution < 1.29 is 18.8 Å². The van der Waals surface area contributed by atoms with Crippen molar-refractivity contribution in [3.63, 3.8) is 0 Å². The maximum Gasteiger partial charge on any atom is 0.231 e. The highest BCUT2D eigenvalue weighted by Crippen LogP contribution is 2.39. The number of aldehydes is 1. The van der Waals surface area contributed by atoms with Gasteiger partial charge in [-0.25, -0.2) is 4.57 Å². The Labute approximate surface area is 214 Å². The lowest BCUT2D eigenvalue weighted by Gasteiger charge is -2.21. The number of aryl methyl sites for hydroxylation is 1. The summed E-state index contributed by atoms with van der Waals surface area (Å²) in [6.07, 6.45) is 11.9. The Morgan fingerprint density at radius 3 is 2.86 bits per heavy atom. The van der Waals surface area contributed by atoms with E-state index in [1.807, 2.05) is 12.3 Å². The van der Waals surface area contributed by atoms with E-state index in [0.717, 1.165) is 50.3 Å². The van der Waals surface area contributed by atoms with Gasteiger partial charge in [-0.15, -0.1) is 0 Å². The van der Waals surface area contributed by atoms with E-state index < -0.39 is 0 Å². The number of anilines is 1. The average molecular weight is 502 g/mol. The number of ether oxygens (including phenoxy) is 2. The highest BCUT2D eigenvalue weighted by atomic mass is 32.2. The lowest BCUT2D eigenvalue weighted by molar-refractivity contribution is -0.670. The molecule has 35 heavy (non-hydrogen) atoms. The molecule has 0 spiro atoms. The predicted octanol–water partition coefficient (Wildman–Crippen LogP) is 3.78. The van der Waals surface area contributed by atoms with Crippen molar-refractivity contribution in [1.82, 2.24) is 9.62 Å². The topological polar surface area (TPSA) is 57.9 Å². The van der Waals surface area contributed by atoms with Gasteiger partial charge < -0.3 is 19.2 Å². The number of nitrogens with one attached hydrogen (secondary N) is 1. The number of carbonyl (C=O) groups excluding carboxylic acids is 1. The van der Waals surface area contributed by atoms with Gasteiger partial charge in [0.05, 0.1) is 6.54 Å². The first kappa shape index (κ1) is 27.3. The predicted molar refractivity (Wildman–Crippen MR) is 143 cm³/mol. The lowest BCUT2D eigenvalue weighted by Crippen LogP contribution is -2.33. The van der Waals surface area contributed by atoms with Crippen molar-refractivity contribution in [2.45, 2.75) is 44.6 Å². The van der Waals surface area contributed by atoms with Gasteiger partial charge >= 0.3 is 0 Å². The molecule has 2 aromatic rings. The number of fused-ring (bicyclic) bond motifs is 1. The van der Waals surface area contributed by atoms with E-state index in [-0.39, 0.29) is 0 Å². The van der Waals surface area contributed by atoms with Crippen LogP contribution in [-0.2, 0) is 11.8 Å². The summed E-state index contributed by atoms with van der Waals surface area (Å²) in [6.45, 7) is 6.09. The van der Waals surface area contributed by atoms with Gasteiger partial charge in [-0.05, 0) is 55.2 Å². The molecule has 0 radical (unpaired) electrons. The Kier molecular flexibility index (Phi) is 11.2. The molecule has 3 heterocycles. The van der Waals surface area contributed by atoms with E-state index in [1.54, 1.807) is 11.9 Å². The number of hydrogen-bond acceptors (Lipinski definition) is 7. The molecule has 2 unspecified atom stereocenters. The van der Waals surface area contributed by atoms with Gasteiger partial charge in [-0.1, -0.05) is 31.4 Å². The van der Waals surface area contributed by atoms with Gasteiger partial charge in [0.2, 0.25) is 6.79 Å². The molecule has 1 N–H and O–H groups in total. The molecule has 4 rings (SSSR count). The third kappa shape index (κ3) is 8.12. The fourth-order valence-corrected chi connectivity index (χ4v) is 4.98. The fraction of sp³-hybridized carbons (Fsp3) is 0.556. The molecule has 2 atom stereocenters. The molecule has 1 saturated heterocycles. The third-order valence-corrected chi connectivity index (χ3v) is 7.13. The minimum absolute atomic E-state index is 0.309. The number of pyridine rings is 1. The first-order valence-corrected chi connectivity index (χ1v) is 13.8. The van der Waals surface area contributed by atoms with Crippen LogP contribution in [-0.4, -0.2) is 63.5 Å². The quantitative estimate of drug-likeness (QED) is 0.218. The summed E-state index contributed by atoms with van der Waals surface area (Å²) in [5.41, 5.74) is 2.57. The van der Waals surface area contributed by atoms with Crippen molar-refractivity contribution in [2.24, 2.45) is 7.05 Å². The minimum atomic E-state index is 0.309. The van der Waals surface area contributed by atoms with Crippen molar-refractivity contribution in [2.75, 3.05) is 51.2 Å². The molecule has 2 aliphatic heterocycles. The molecule has 1 fully saturated rings. The molecule has 7 nitrogen and oxygen atoms in total. The Morgan fingerprint density at radius 1 is 1.29 bits per heavy atom. The van der Waals surface area contributed by atoms with Crippen molar-refractivity contribution in [3.05, 3.63) is 48.3 Å². The second-order valence-corrected chi connectivity index (χ2v) is 9.91. The van der Waals surface area contributed by atoms with Gasteiger partial charge in [-0.2, -0.15) is 0 Å². The van der Waals surface area contributed by atoms with Crippen LogP contribution in [0.3, 0.4) is 0 Å². The van der Waals surface area contributed by atoms with Crippen LogP contribution in [0.2, 0.25) is 0 Å². The average Bonchev–Trinajstić information content (AvgIpc) is 3.50. The third-order valence-electron chi connectivity index (χ3n) is 6.64. The summed E-state index contributed by atoms with van der Waals surface area (Å²) in [4.78, 5) is 15.5. The lowest BCUT2D eigenvalue weighted by atomic mass is 9.95. The van der Waals surface area contributed by atoms with Crippen LogP contribution < -0.4 is 23.7 Å². The van der Waals surface area contributed by atoms with Gasteiger partial charge in [0, 0.05) is 38.8 Å². The molecule has 0 amide bonds. The molecule has 2 aliphatic rings. The highest BCUT2D eigenvalue weighted by Gasteiger charge is 2.32. The van der Waals surface area contributed by atoms with Crippen LogP contribution in [0.4, 0.5) is 5.69 Å². The number of hydrogen-bond donors (Lipinski definition) is 1. The van der Waals surface area contributed by atoms with Gasteiger partial charge in [0.1, 0.15) is 19.0 Å². The van der Waals surface area contributed by atoms with Crippen molar-refractivity contribution in [3.8, 4) is 11.5 Å². The molecule has 1 aromatic carbocycles. The summed E-state index contributed by atoms with van der Waals surface area (Å²) < 4.78 is 16.2. The normalized spacial score (nSPS) is 18.7. The van der Waals surface area contributed by atoms with E-state index in [4.69, 9.17) is 9.47 Å². The van der Waals surface area contributed by atoms with Crippen LogP contribution in [0.25, 0.3) is 0 Å². The van der Waals surface area contributed by atoms with Crippen LogP contribution in [0, 0.1) is 0 Å². The van der Waals surface area contributed by atoms with Crippen LogP contribution in [0.1, 0.15) is 44.1 Å². The second-order valence-electron chi connectivity index (χ2n) is 9.21. The molecular weight excluding hydrogens is 460 g/mol. The van der Waals surface area contributed by atoms with E-state index in [0.29, 0.717) is 25.3 Å². The molecule has 0 saturated carbocycles. The number of aromatic nitrogens is 1.